The Bertz CT molecular complexity index is 496. The summed E-state index contributed by atoms with van der Waals surface area (Å²) >= 11 is 6.29. The quantitative estimate of drug-likeness (QED) is 0.902. The number of hydrogen-bond acceptors (Lipinski definition) is 4. The molecule has 1 saturated heterocycles. The van der Waals surface area contributed by atoms with E-state index in [1.54, 1.807) is 6.20 Å². The van der Waals surface area contributed by atoms with Gasteiger partial charge >= 0.3 is 0 Å². The van der Waals surface area contributed by atoms with Crippen LogP contribution in [0, 0.1) is 0 Å². The topological polar surface area (TPSA) is 50.2 Å². The fourth-order valence-corrected chi connectivity index (χ4v) is 3.01. The Labute approximate surface area is 124 Å². The minimum absolute atomic E-state index is 0.187. The minimum Gasteiger partial charge on any atom is -0.365 e. The zero-order chi connectivity index (χ0) is 14.5. The molecular weight excluding hydrogens is 276 g/mol. The number of nitrogens with zero attached hydrogens (tertiary/aromatic N) is 3. The van der Waals surface area contributed by atoms with Gasteiger partial charge in [-0.15, -0.1) is 0 Å². The van der Waals surface area contributed by atoms with Crippen molar-refractivity contribution in [1.29, 1.82) is 0 Å². The van der Waals surface area contributed by atoms with Gasteiger partial charge in [-0.2, -0.15) is 5.10 Å². The fourth-order valence-electron chi connectivity index (χ4n) is 2.75. The number of piperidine rings is 1. The van der Waals surface area contributed by atoms with Gasteiger partial charge in [0.25, 0.3) is 5.56 Å². The maximum atomic E-state index is 12.2. The molecule has 2 rings (SSSR count). The van der Waals surface area contributed by atoms with Gasteiger partial charge in [0, 0.05) is 25.7 Å². The summed E-state index contributed by atoms with van der Waals surface area (Å²) in [7, 11) is 0. The lowest BCUT2D eigenvalue weighted by atomic mass is 10.1. The van der Waals surface area contributed by atoms with Crippen LogP contribution in [-0.4, -0.2) is 35.5 Å². The van der Waals surface area contributed by atoms with E-state index in [2.05, 4.69) is 22.2 Å². The summed E-state index contributed by atoms with van der Waals surface area (Å²) in [6.07, 6.45) is 4.87. The average Bonchev–Trinajstić information content (AvgIpc) is 2.48. The van der Waals surface area contributed by atoms with E-state index >= 15 is 0 Å². The van der Waals surface area contributed by atoms with Crippen LogP contribution in [0.4, 0.5) is 5.69 Å². The SMILES string of the molecule is CCCn1ncc(N(CC)C2CCCNC2)c(Cl)c1=O. The van der Waals surface area contributed by atoms with E-state index in [0.717, 1.165) is 44.6 Å². The Balaban J connectivity index is 2.30. The van der Waals surface area contributed by atoms with Crippen LogP contribution in [0.15, 0.2) is 11.0 Å². The van der Waals surface area contributed by atoms with Crippen molar-refractivity contribution in [2.45, 2.75) is 45.7 Å². The Morgan fingerprint density at radius 1 is 1.55 bits per heavy atom. The highest BCUT2D eigenvalue weighted by Crippen LogP contribution is 2.25. The molecule has 1 fully saturated rings. The second-order valence-corrected chi connectivity index (χ2v) is 5.54. The van der Waals surface area contributed by atoms with Crippen molar-refractivity contribution in [2.75, 3.05) is 24.5 Å². The third kappa shape index (κ3) is 3.15. The highest BCUT2D eigenvalue weighted by atomic mass is 35.5. The number of rotatable bonds is 5. The van der Waals surface area contributed by atoms with Gasteiger partial charge in [0.2, 0.25) is 0 Å². The Morgan fingerprint density at radius 2 is 2.35 bits per heavy atom. The molecular formula is C14H23ClN4O. The lowest BCUT2D eigenvalue weighted by Crippen LogP contribution is -2.46. The van der Waals surface area contributed by atoms with E-state index in [1.165, 1.54) is 4.68 Å². The molecule has 0 saturated carbocycles. The molecule has 1 aliphatic heterocycles. The maximum Gasteiger partial charge on any atom is 0.287 e. The van der Waals surface area contributed by atoms with Crippen LogP contribution in [0.25, 0.3) is 0 Å². The largest absolute Gasteiger partial charge is 0.365 e. The first-order chi connectivity index (χ1) is 9.69. The molecule has 0 aromatic carbocycles. The van der Waals surface area contributed by atoms with Gasteiger partial charge in [-0.3, -0.25) is 4.79 Å². The Morgan fingerprint density at radius 3 is 2.95 bits per heavy atom. The van der Waals surface area contributed by atoms with Crippen LogP contribution in [0.1, 0.15) is 33.1 Å². The summed E-state index contributed by atoms with van der Waals surface area (Å²) in [6.45, 7) is 7.53. The predicted molar refractivity (Wildman–Crippen MR) is 82.7 cm³/mol. The van der Waals surface area contributed by atoms with Gasteiger partial charge in [-0.1, -0.05) is 18.5 Å². The molecule has 1 unspecified atom stereocenters. The maximum absolute atomic E-state index is 12.2. The third-order valence-electron chi connectivity index (χ3n) is 3.76. The third-order valence-corrected chi connectivity index (χ3v) is 4.12. The van der Waals surface area contributed by atoms with Crippen LogP contribution in [-0.2, 0) is 6.54 Å². The van der Waals surface area contributed by atoms with Crippen LogP contribution in [0.2, 0.25) is 5.02 Å². The molecule has 0 bridgehead atoms. The molecule has 1 aromatic rings. The van der Waals surface area contributed by atoms with E-state index < -0.39 is 0 Å². The normalized spacial score (nSPS) is 19.1. The highest BCUT2D eigenvalue weighted by molar-refractivity contribution is 6.33. The van der Waals surface area contributed by atoms with Gasteiger partial charge in [0.15, 0.2) is 0 Å². The molecule has 112 valence electrons. The molecule has 0 radical (unpaired) electrons. The van der Waals surface area contributed by atoms with Crippen LogP contribution in [0.5, 0.6) is 0 Å². The standard InChI is InChI=1S/C14H23ClN4O/c1-3-8-19-14(20)13(15)12(10-17-19)18(4-2)11-6-5-7-16-9-11/h10-11,16H,3-9H2,1-2H3. The van der Waals surface area contributed by atoms with E-state index in [-0.39, 0.29) is 5.56 Å². The predicted octanol–water partition coefficient (Wildman–Crippen LogP) is 1.88. The molecule has 6 heteroatoms. The summed E-state index contributed by atoms with van der Waals surface area (Å²) in [5, 5.41) is 7.94. The molecule has 1 aromatic heterocycles. The van der Waals surface area contributed by atoms with Gasteiger partial charge in [0.1, 0.15) is 5.02 Å². The first-order valence-electron chi connectivity index (χ1n) is 7.42. The van der Waals surface area contributed by atoms with Gasteiger partial charge in [-0.05, 0) is 32.7 Å². The molecule has 20 heavy (non-hydrogen) atoms. The average molecular weight is 299 g/mol. The van der Waals surface area contributed by atoms with E-state index in [0.29, 0.717) is 17.6 Å². The molecule has 1 atom stereocenters. The number of hydrogen-bond donors (Lipinski definition) is 1. The van der Waals surface area contributed by atoms with Gasteiger partial charge in [0.05, 0.1) is 11.9 Å². The number of aromatic nitrogens is 2. The van der Waals surface area contributed by atoms with Crippen molar-refractivity contribution in [2.24, 2.45) is 0 Å². The summed E-state index contributed by atoms with van der Waals surface area (Å²) in [5.74, 6) is 0. The van der Waals surface area contributed by atoms with Crippen LogP contribution in [0.3, 0.4) is 0 Å². The molecule has 2 heterocycles. The number of anilines is 1. The van der Waals surface area contributed by atoms with Crippen molar-refractivity contribution in [1.82, 2.24) is 15.1 Å². The number of likely N-dealkylation sites (N-methyl/N-ethyl adjacent to an activating group) is 1. The summed E-state index contributed by atoms with van der Waals surface area (Å²) in [4.78, 5) is 14.4. The van der Waals surface area contributed by atoms with Crippen molar-refractivity contribution in [3.63, 3.8) is 0 Å². The highest BCUT2D eigenvalue weighted by Gasteiger charge is 2.23. The van der Waals surface area contributed by atoms with Crippen molar-refractivity contribution < 1.29 is 0 Å². The second-order valence-electron chi connectivity index (χ2n) is 5.16. The fraction of sp³-hybridized carbons (Fsp3) is 0.714. The lowest BCUT2D eigenvalue weighted by Gasteiger charge is -2.35. The molecule has 0 aliphatic carbocycles. The van der Waals surface area contributed by atoms with Crippen LogP contribution < -0.4 is 15.8 Å². The number of halogens is 1. The summed E-state index contributed by atoms with van der Waals surface area (Å²) < 4.78 is 1.44. The number of aryl methyl sites for hydroxylation is 1. The first-order valence-corrected chi connectivity index (χ1v) is 7.79. The van der Waals surface area contributed by atoms with E-state index in [1.807, 2.05) is 6.92 Å². The van der Waals surface area contributed by atoms with Gasteiger partial charge < -0.3 is 10.2 Å². The van der Waals surface area contributed by atoms with Crippen LogP contribution >= 0.6 is 11.6 Å². The molecule has 1 N–H and O–H groups in total. The van der Waals surface area contributed by atoms with E-state index in [9.17, 15) is 4.79 Å². The zero-order valence-corrected chi connectivity index (χ0v) is 13.0. The van der Waals surface area contributed by atoms with Crippen molar-refractivity contribution in [3.8, 4) is 0 Å². The van der Waals surface area contributed by atoms with Crippen molar-refractivity contribution >= 4 is 17.3 Å². The first kappa shape index (κ1) is 15.3. The molecule has 5 nitrogen and oxygen atoms in total. The number of nitrogens with one attached hydrogen (secondary N) is 1. The summed E-state index contributed by atoms with van der Waals surface area (Å²) in [6, 6.07) is 0.384. The lowest BCUT2D eigenvalue weighted by molar-refractivity contribution is 0.434. The minimum atomic E-state index is -0.187. The Kier molecular flexibility index (Phi) is 5.43. The van der Waals surface area contributed by atoms with Crippen molar-refractivity contribution in [3.05, 3.63) is 21.6 Å². The van der Waals surface area contributed by atoms with Gasteiger partial charge in [-0.25, -0.2) is 4.68 Å². The second kappa shape index (κ2) is 7.09. The molecule has 0 spiro atoms. The summed E-state index contributed by atoms with van der Waals surface area (Å²) in [5.41, 5.74) is 0.577. The zero-order valence-electron chi connectivity index (χ0n) is 12.2. The monoisotopic (exact) mass is 298 g/mol. The molecule has 0 amide bonds. The smallest absolute Gasteiger partial charge is 0.287 e. The Hall–Kier alpha value is -1.07. The van der Waals surface area contributed by atoms with E-state index in [4.69, 9.17) is 11.6 Å². The molecule has 1 aliphatic rings.